The van der Waals surface area contributed by atoms with Crippen molar-refractivity contribution in [2.24, 2.45) is 0 Å². The average molecular weight is 326 g/mol. The fourth-order valence-corrected chi connectivity index (χ4v) is 2.31. The zero-order valence-electron chi connectivity index (χ0n) is 12.7. The van der Waals surface area contributed by atoms with Gasteiger partial charge in [-0.15, -0.1) is 0 Å². The summed E-state index contributed by atoms with van der Waals surface area (Å²) in [5, 5.41) is 8.96. The van der Waals surface area contributed by atoms with Gasteiger partial charge in [-0.25, -0.2) is 4.68 Å². The van der Waals surface area contributed by atoms with Gasteiger partial charge >= 0.3 is 0 Å². The van der Waals surface area contributed by atoms with E-state index in [1.807, 2.05) is 29.2 Å². The van der Waals surface area contributed by atoms with Crippen molar-refractivity contribution in [3.05, 3.63) is 46.2 Å². The molecule has 21 heavy (non-hydrogen) atoms. The van der Waals surface area contributed by atoms with Crippen LogP contribution in [0, 0.1) is 0 Å². The van der Waals surface area contributed by atoms with Crippen LogP contribution in [0.2, 0.25) is 10.0 Å². The van der Waals surface area contributed by atoms with E-state index in [9.17, 15) is 0 Å². The fourth-order valence-electron chi connectivity index (χ4n) is 2.01. The lowest BCUT2D eigenvalue weighted by Gasteiger charge is -2.20. The second-order valence-electron chi connectivity index (χ2n) is 6.17. The van der Waals surface area contributed by atoms with Gasteiger partial charge in [-0.2, -0.15) is 5.10 Å². The van der Waals surface area contributed by atoms with Gasteiger partial charge in [0.1, 0.15) is 0 Å². The summed E-state index contributed by atoms with van der Waals surface area (Å²) in [5.41, 5.74) is 2.31. The molecule has 1 aromatic heterocycles. The third-order valence-corrected chi connectivity index (χ3v) is 3.84. The molecule has 0 spiro atoms. The van der Waals surface area contributed by atoms with E-state index in [4.69, 9.17) is 23.2 Å². The first-order valence-corrected chi connectivity index (χ1v) is 7.85. The lowest BCUT2D eigenvalue weighted by atomic mass is 10.1. The van der Waals surface area contributed by atoms with Crippen LogP contribution in [0.5, 0.6) is 0 Å². The summed E-state index contributed by atoms with van der Waals surface area (Å²) in [7, 11) is 0. The highest BCUT2D eigenvalue weighted by Crippen LogP contribution is 2.24. The summed E-state index contributed by atoms with van der Waals surface area (Å²) < 4.78 is 1.83. The van der Waals surface area contributed by atoms with Crippen molar-refractivity contribution in [1.82, 2.24) is 15.1 Å². The number of aryl methyl sites for hydroxylation is 1. The molecule has 1 aromatic carbocycles. The van der Waals surface area contributed by atoms with Gasteiger partial charge in [-0.05, 0) is 63.9 Å². The van der Waals surface area contributed by atoms with E-state index in [2.05, 4.69) is 31.2 Å². The fraction of sp³-hybridized carbons (Fsp3) is 0.438. The van der Waals surface area contributed by atoms with Crippen molar-refractivity contribution in [1.29, 1.82) is 0 Å². The van der Waals surface area contributed by atoms with Crippen molar-refractivity contribution in [3.63, 3.8) is 0 Å². The molecular weight excluding hydrogens is 305 g/mol. The summed E-state index contributed by atoms with van der Waals surface area (Å²) in [6.45, 7) is 7.53. The van der Waals surface area contributed by atoms with Gasteiger partial charge in [-0.1, -0.05) is 23.2 Å². The Bertz CT molecular complexity index is 600. The van der Waals surface area contributed by atoms with Crippen molar-refractivity contribution in [2.75, 3.05) is 6.54 Å². The molecule has 1 N–H and O–H groups in total. The number of nitrogens with one attached hydrogen (secondary N) is 1. The molecule has 0 bridgehead atoms. The summed E-state index contributed by atoms with van der Waals surface area (Å²) in [5.74, 6) is 0. The van der Waals surface area contributed by atoms with Gasteiger partial charge in [0, 0.05) is 11.7 Å². The molecule has 0 atom stereocenters. The maximum atomic E-state index is 6.03. The Hall–Kier alpha value is -1.03. The van der Waals surface area contributed by atoms with Crippen molar-refractivity contribution < 1.29 is 0 Å². The van der Waals surface area contributed by atoms with Crippen LogP contribution in [0.4, 0.5) is 0 Å². The lowest BCUT2D eigenvalue weighted by molar-refractivity contribution is 0.422. The molecule has 1 heterocycles. The van der Waals surface area contributed by atoms with Crippen molar-refractivity contribution in [3.8, 4) is 5.69 Å². The molecular formula is C16H21Cl2N3. The first kappa shape index (κ1) is 16.3. The third kappa shape index (κ3) is 5.03. The zero-order valence-corrected chi connectivity index (χ0v) is 14.2. The Morgan fingerprint density at radius 1 is 1.19 bits per heavy atom. The van der Waals surface area contributed by atoms with E-state index in [1.165, 1.54) is 5.56 Å². The molecule has 114 valence electrons. The van der Waals surface area contributed by atoms with E-state index in [0.29, 0.717) is 10.0 Å². The Labute approximate surface area is 136 Å². The number of nitrogens with zero attached hydrogens (tertiary/aromatic N) is 2. The Morgan fingerprint density at radius 3 is 2.62 bits per heavy atom. The van der Waals surface area contributed by atoms with E-state index >= 15 is 0 Å². The molecule has 5 heteroatoms. The van der Waals surface area contributed by atoms with Crippen LogP contribution in [0.25, 0.3) is 5.69 Å². The monoisotopic (exact) mass is 325 g/mol. The van der Waals surface area contributed by atoms with Crippen molar-refractivity contribution in [2.45, 2.75) is 39.2 Å². The minimum atomic E-state index is 0.171. The highest BCUT2D eigenvalue weighted by Gasteiger charge is 2.08. The smallest absolute Gasteiger partial charge is 0.0661 e. The minimum absolute atomic E-state index is 0.171. The topological polar surface area (TPSA) is 29.9 Å². The molecule has 0 aliphatic rings. The number of halogens is 2. The van der Waals surface area contributed by atoms with Gasteiger partial charge in [-0.3, -0.25) is 0 Å². The normalized spacial score (nSPS) is 11.9. The van der Waals surface area contributed by atoms with Crippen molar-refractivity contribution >= 4 is 23.2 Å². The minimum Gasteiger partial charge on any atom is -0.312 e. The SMILES string of the molecule is CC(C)(C)NCCCc1cnn(-c2ccc(Cl)c(Cl)c2)c1. The number of rotatable bonds is 5. The van der Waals surface area contributed by atoms with Crippen LogP contribution < -0.4 is 5.32 Å². The predicted octanol–water partition coefficient (Wildman–Crippen LogP) is 4.50. The van der Waals surface area contributed by atoms with Gasteiger partial charge in [0.05, 0.1) is 21.9 Å². The summed E-state index contributed by atoms with van der Waals surface area (Å²) in [6, 6.07) is 5.52. The average Bonchev–Trinajstić information content (AvgIpc) is 2.86. The lowest BCUT2D eigenvalue weighted by Crippen LogP contribution is -2.36. The number of aromatic nitrogens is 2. The van der Waals surface area contributed by atoms with Gasteiger partial charge in [0.25, 0.3) is 0 Å². The summed E-state index contributed by atoms with van der Waals surface area (Å²) >= 11 is 12.0. The molecule has 0 aliphatic heterocycles. The molecule has 2 aromatic rings. The van der Waals surface area contributed by atoms with Crippen LogP contribution in [0.15, 0.2) is 30.6 Å². The quantitative estimate of drug-likeness (QED) is 0.820. The standard InChI is InChI=1S/C16H21Cl2N3/c1-16(2,3)19-8-4-5-12-10-20-21(11-12)13-6-7-14(17)15(18)9-13/h6-7,9-11,19H,4-5,8H2,1-3H3. The first-order chi connectivity index (χ1) is 9.85. The van der Waals surface area contributed by atoms with E-state index < -0.39 is 0 Å². The number of hydrogen-bond donors (Lipinski definition) is 1. The predicted molar refractivity (Wildman–Crippen MR) is 89.7 cm³/mol. The Kier molecular flexibility index (Phi) is 5.31. The Balaban J connectivity index is 1.93. The summed E-state index contributed by atoms with van der Waals surface area (Å²) in [6.07, 6.45) is 6.03. The largest absolute Gasteiger partial charge is 0.312 e. The van der Waals surface area contributed by atoms with E-state index in [-0.39, 0.29) is 5.54 Å². The van der Waals surface area contributed by atoms with Gasteiger partial charge in [0.2, 0.25) is 0 Å². The maximum absolute atomic E-state index is 6.03. The highest BCUT2D eigenvalue weighted by molar-refractivity contribution is 6.42. The van der Waals surface area contributed by atoms with Gasteiger partial charge in [0.15, 0.2) is 0 Å². The van der Waals surface area contributed by atoms with Gasteiger partial charge < -0.3 is 5.32 Å². The molecule has 3 nitrogen and oxygen atoms in total. The second-order valence-corrected chi connectivity index (χ2v) is 6.99. The third-order valence-electron chi connectivity index (χ3n) is 3.10. The van der Waals surface area contributed by atoms with Crippen LogP contribution in [0.1, 0.15) is 32.8 Å². The molecule has 0 amide bonds. The van der Waals surface area contributed by atoms with Crippen LogP contribution >= 0.6 is 23.2 Å². The second kappa shape index (κ2) is 6.82. The molecule has 0 aliphatic carbocycles. The zero-order chi connectivity index (χ0) is 15.5. The van der Waals surface area contributed by atoms with Crippen LogP contribution in [-0.4, -0.2) is 21.9 Å². The van der Waals surface area contributed by atoms with Crippen LogP contribution in [0.3, 0.4) is 0 Å². The molecule has 0 unspecified atom stereocenters. The number of benzene rings is 1. The molecule has 0 fully saturated rings. The van der Waals surface area contributed by atoms with Crippen LogP contribution in [-0.2, 0) is 6.42 Å². The van der Waals surface area contributed by atoms with E-state index in [1.54, 1.807) is 6.07 Å². The highest BCUT2D eigenvalue weighted by atomic mass is 35.5. The number of hydrogen-bond acceptors (Lipinski definition) is 2. The molecule has 2 rings (SSSR count). The maximum Gasteiger partial charge on any atom is 0.0661 e. The van der Waals surface area contributed by atoms with E-state index in [0.717, 1.165) is 25.1 Å². The Morgan fingerprint density at radius 2 is 1.95 bits per heavy atom. The first-order valence-electron chi connectivity index (χ1n) is 7.09. The molecule has 0 radical (unpaired) electrons. The molecule has 0 saturated heterocycles. The summed E-state index contributed by atoms with van der Waals surface area (Å²) in [4.78, 5) is 0. The molecule has 0 saturated carbocycles.